The van der Waals surface area contributed by atoms with Crippen LogP contribution in [-0.4, -0.2) is 31.2 Å². The highest BCUT2D eigenvalue weighted by molar-refractivity contribution is 6.30. The molecule has 0 aliphatic carbocycles. The van der Waals surface area contributed by atoms with E-state index in [1.165, 1.54) is 11.1 Å². The zero-order valence-electron chi connectivity index (χ0n) is 14.5. The van der Waals surface area contributed by atoms with Crippen molar-refractivity contribution in [2.75, 3.05) is 26.3 Å². The predicted octanol–water partition coefficient (Wildman–Crippen LogP) is 5.08. The SMILES string of the molecule is CC(C)(CC(c1ccccc1)N1CCOCC1)c1ccc(Cl)cc1. The molecule has 0 aromatic heterocycles. The Balaban J connectivity index is 1.86. The number of benzene rings is 2. The van der Waals surface area contributed by atoms with Gasteiger partial charge in [0.15, 0.2) is 0 Å². The summed E-state index contributed by atoms with van der Waals surface area (Å²) in [5.41, 5.74) is 2.80. The van der Waals surface area contributed by atoms with Crippen molar-refractivity contribution in [3.8, 4) is 0 Å². The molecule has 1 atom stereocenters. The molecule has 2 aromatic carbocycles. The van der Waals surface area contributed by atoms with Crippen LogP contribution in [0.1, 0.15) is 37.4 Å². The Morgan fingerprint density at radius 3 is 2.25 bits per heavy atom. The Morgan fingerprint density at radius 2 is 1.62 bits per heavy atom. The summed E-state index contributed by atoms with van der Waals surface area (Å²) in [6, 6.07) is 19.6. The number of hydrogen-bond donors (Lipinski definition) is 0. The average Bonchev–Trinajstić information content (AvgIpc) is 2.62. The van der Waals surface area contributed by atoms with Gasteiger partial charge in [-0.25, -0.2) is 0 Å². The van der Waals surface area contributed by atoms with Gasteiger partial charge >= 0.3 is 0 Å². The second kappa shape index (κ2) is 7.69. The maximum atomic E-state index is 6.06. The molecule has 0 bridgehead atoms. The van der Waals surface area contributed by atoms with Crippen LogP contribution in [0.4, 0.5) is 0 Å². The molecular formula is C21H26ClNO. The van der Waals surface area contributed by atoms with E-state index in [4.69, 9.17) is 16.3 Å². The fraction of sp³-hybridized carbons (Fsp3) is 0.429. The molecule has 2 aromatic rings. The van der Waals surface area contributed by atoms with Crippen LogP contribution in [-0.2, 0) is 10.2 Å². The zero-order valence-corrected chi connectivity index (χ0v) is 15.3. The Labute approximate surface area is 150 Å². The van der Waals surface area contributed by atoms with Crippen molar-refractivity contribution >= 4 is 11.6 Å². The second-order valence-corrected chi connectivity index (χ2v) is 7.61. The number of nitrogens with zero attached hydrogens (tertiary/aromatic N) is 1. The molecule has 1 heterocycles. The summed E-state index contributed by atoms with van der Waals surface area (Å²) in [7, 11) is 0. The fourth-order valence-electron chi connectivity index (χ4n) is 3.52. The van der Waals surface area contributed by atoms with Gasteiger partial charge in [0.1, 0.15) is 0 Å². The van der Waals surface area contributed by atoms with Gasteiger partial charge in [0.05, 0.1) is 13.2 Å². The van der Waals surface area contributed by atoms with E-state index in [-0.39, 0.29) is 5.41 Å². The summed E-state index contributed by atoms with van der Waals surface area (Å²) in [5.74, 6) is 0. The minimum Gasteiger partial charge on any atom is -0.379 e. The minimum absolute atomic E-state index is 0.0728. The number of morpholine rings is 1. The third kappa shape index (κ3) is 4.18. The predicted molar refractivity (Wildman–Crippen MR) is 101 cm³/mol. The van der Waals surface area contributed by atoms with Crippen molar-refractivity contribution in [3.05, 3.63) is 70.7 Å². The summed E-state index contributed by atoms with van der Waals surface area (Å²) in [6.07, 6.45) is 1.07. The molecule has 1 unspecified atom stereocenters. The molecule has 3 heteroatoms. The number of ether oxygens (including phenoxy) is 1. The lowest BCUT2D eigenvalue weighted by Crippen LogP contribution is -2.41. The summed E-state index contributed by atoms with van der Waals surface area (Å²) in [4.78, 5) is 2.57. The highest BCUT2D eigenvalue weighted by Gasteiger charge is 2.30. The largest absolute Gasteiger partial charge is 0.379 e. The monoisotopic (exact) mass is 343 g/mol. The van der Waals surface area contributed by atoms with E-state index in [0.717, 1.165) is 37.7 Å². The van der Waals surface area contributed by atoms with E-state index in [1.54, 1.807) is 0 Å². The third-order valence-corrected chi connectivity index (χ3v) is 5.25. The Hall–Kier alpha value is -1.35. The Bertz CT molecular complexity index is 633. The molecule has 128 valence electrons. The van der Waals surface area contributed by atoms with E-state index in [9.17, 15) is 0 Å². The van der Waals surface area contributed by atoms with Gasteiger partial charge in [-0.05, 0) is 35.1 Å². The summed E-state index contributed by atoms with van der Waals surface area (Å²) >= 11 is 6.06. The van der Waals surface area contributed by atoms with Gasteiger partial charge in [-0.15, -0.1) is 0 Å². The van der Waals surface area contributed by atoms with Crippen LogP contribution >= 0.6 is 11.6 Å². The van der Waals surface area contributed by atoms with Crippen molar-refractivity contribution in [1.29, 1.82) is 0 Å². The van der Waals surface area contributed by atoms with Crippen LogP contribution in [0.2, 0.25) is 5.02 Å². The lowest BCUT2D eigenvalue weighted by Gasteiger charge is -2.39. The molecule has 3 rings (SSSR count). The summed E-state index contributed by atoms with van der Waals surface area (Å²) in [6.45, 7) is 8.29. The van der Waals surface area contributed by atoms with E-state index in [1.807, 2.05) is 12.1 Å². The molecule has 0 amide bonds. The molecule has 0 N–H and O–H groups in total. The number of halogens is 1. The molecule has 1 aliphatic heterocycles. The van der Waals surface area contributed by atoms with Gasteiger partial charge in [-0.1, -0.05) is 67.9 Å². The van der Waals surface area contributed by atoms with Crippen molar-refractivity contribution < 1.29 is 4.74 Å². The molecule has 0 radical (unpaired) electrons. The first-order valence-electron chi connectivity index (χ1n) is 8.69. The molecule has 1 aliphatic rings. The smallest absolute Gasteiger partial charge is 0.0594 e. The first-order chi connectivity index (χ1) is 11.6. The molecule has 0 spiro atoms. The highest BCUT2D eigenvalue weighted by atomic mass is 35.5. The maximum absolute atomic E-state index is 6.06. The van der Waals surface area contributed by atoms with Crippen molar-refractivity contribution in [1.82, 2.24) is 4.90 Å². The van der Waals surface area contributed by atoms with E-state index in [0.29, 0.717) is 6.04 Å². The normalized spacial score (nSPS) is 17.6. The quantitative estimate of drug-likeness (QED) is 0.750. The van der Waals surface area contributed by atoms with E-state index < -0.39 is 0 Å². The molecule has 2 nitrogen and oxygen atoms in total. The van der Waals surface area contributed by atoms with Crippen molar-refractivity contribution in [2.24, 2.45) is 0 Å². The molecular weight excluding hydrogens is 318 g/mol. The van der Waals surface area contributed by atoms with Gasteiger partial charge in [-0.3, -0.25) is 4.90 Å². The van der Waals surface area contributed by atoms with Gasteiger partial charge in [0.2, 0.25) is 0 Å². The highest BCUT2D eigenvalue weighted by Crippen LogP contribution is 2.37. The summed E-state index contributed by atoms with van der Waals surface area (Å²) < 4.78 is 5.56. The van der Waals surface area contributed by atoms with Crippen LogP contribution < -0.4 is 0 Å². The first-order valence-corrected chi connectivity index (χ1v) is 9.07. The lowest BCUT2D eigenvalue weighted by atomic mass is 9.77. The molecule has 1 saturated heterocycles. The van der Waals surface area contributed by atoms with Gasteiger partial charge < -0.3 is 4.74 Å². The molecule has 1 fully saturated rings. The van der Waals surface area contributed by atoms with Gasteiger partial charge in [0.25, 0.3) is 0 Å². The van der Waals surface area contributed by atoms with Crippen molar-refractivity contribution in [2.45, 2.75) is 31.7 Å². The topological polar surface area (TPSA) is 12.5 Å². The van der Waals surface area contributed by atoms with Crippen LogP contribution in [0.5, 0.6) is 0 Å². The first kappa shape index (κ1) is 17.5. The summed E-state index contributed by atoms with van der Waals surface area (Å²) in [5, 5.41) is 0.794. The second-order valence-electron chi connectivity index (χ2n) is 7.17. The minimum atomic E-state index is 0.0728. The molecule has 24 heavy (non-hydrogen) atoms. The van der Waals surface area contributed by atoms with Gasteiger partial charge in [0, 0.05) is 24.2 Å². The van der Waals surface area contributed by atoms with Crippen LogP contribution in [0.3, 0.4) is 0 Å². The van der Waals surface area contributed by atoms with Gasteiger partial charge in [-0.2, -0.15) is 0 Å². The van der Waals surface area contributed by atoms with Crippen LogP contribution in [0.25, 0.3) is 0 Å². The standard InChI is InChI=1S/C21H26ClNO/c1-21(2,18-8-10-19(22)11-9-18)16-20(17-6-4-3-5-7-17)23-12-14-24-15-13-23/h3-11,20H,12-16H2,1-2H3. The molecule has 0 saturated carbocycles. The average molecular weight is 344 g/mol. The number of rotatable bonds is 5. The lowest BCUT2D eigenvalue weighted by molar-refractivity contribution is 0.0100. The zero-order chi connectivity index (χ0) is 17.0. The third-order valence-electron chi connectivity index (χ3n) is 5.00. The van der Waals surface area contributed by atoms with Crippen molar-refractivity contribution in [3.63, 3.8) is 0 Å². The van der Waals surface area contributed by atoms with Crippen LogP contribution in [0.15, 0.2) is 54.6 Å². The fourth-order valence-corrected chi connectivity index (χ4v) is 3.65. The Kier molecular flexibility index (Phi) is 5.60. The Morgan fingerprint density at radius 1 is 1.00 bits per heavy atom. The van der Waals surface area contributed by atoms with E-state index >= 15 is 0 Å². The maximum Gasteiger partial charge on any atom is 0.0594 e. The van der Waals surface area contributed by atoms with E-state index in [2.05, 4.69) is 61.2 Å². The van der Waals surface area contributed by atoms with Crippen LogP contribution in [0, 0.1) is 0 Å². The number of hydrogen-bond acceptors (Lipinski definition) is 2.